The molecule has 2 unspecified atom stereocenters. The fraction of sp³-hybridized carbons (Fsp3) is 0.800. The van der Waals surface area contributed by atoms with Gasteiger partial charge in [0.05, 0.1) is 12.6 Å². The molecule has 0 saturated carbocycles. The van der Waals surface area contributed by atoms with Crippen LogP contribution in [-0.4, -0.2) is 47.4 Å². The van der Waals surface area contributed by atoms with Crippen LogP contribution in [0.4, 0.5) is 0 Å². The van der Waals surface area contributed by atoms with Crippen LogP contribution in [-0.2, 0) is 11.3 Å². The zero-order chi connectivity index (χ0) is 12.3. The second-order valence-corrected chi connectivity index (χ2v) is 5.84. The smallest absolute Gasteiger partial charge is 0.207 e. The topological polar surface area (TPSA) is 64.3 Å². The Kier molecular flexibility index (Phi) is 4.69. The van der Waals surface area contributed by atoms with Crippen molar-refractivity contribution in [2.45, 2.75) is 31.5 Å². The molecule has 0 radical (unpaired) electrons. The maximum absolute atomic E-state index is 5.81. The molecule has 0 amide bonds. The Bertz CT molecular complexity index is 362. The molecular formula is C10H17ClN4OS. The minimum absolute atomic E-state index is 0.331. The summed E-state index contributed by atoms with van der Waals surface area (Å²) >= 11 is 7.21. The average Bonchev–Trinajstić information content (AvgIpc) is 2.75. The van der Waals surface area contributed by atoms with Crippen LogP contribution in [0, 0.1) is 0 Å². The molecule has 1 fully saturated rings. The van der Waals surface area contributed by atoms with Gasteiger partial charge in [0, 0.05) is 26.2 Å². The minimum Gasteiger partial charge on any atom is -0.381 e. The van der Waals surface area contributed by atoms with Crippen molar-refractivity contribution < 1.29 is 4.74 Å². The number of hydrogen-bond acceptors (Lipinski definition) is 6. The normalized spacial score (nSPS) is 26.3. The molecule has 2 rings (SSSR count). The van der Waals surface area contributed by atoms with Crippen LogP contribution in [0.1, 0.15) is 17.8 Å². The highest BCUT2D eigenvalue weighted by Gasteiger charge is 2.28. The first-order chi connectivity index (χ1) is 8.22. The molecule has 1 aromatic rings. The van der Waals surface area contributed by atoms with Crippen LogP contribution >= 0.6 is 22.9 Å². The molecule has 1 aliphatic heterocycles. The summed E-state index contributed by atoms with van der Waals surface area (Å²) in [5, 5.41) is 8.80. The summed E-state index contributed by atoms with van der Waals surface area (Å²) in [7, 11) is 1.76. The lowest BCUT2D eigenvalue weighted by Crippen LogP contribution is -2.47. The molecule has 2 heterocycles. The molecule has 2 N–H and O–H groups in total. The van der Waals surface area contributed by atoms with E-state index in [1.807, 2.05) is 0 Å². The van der Waals surface area contributed by atoms with Gasteiger partial charge in [-0.1, -0.05) is 11.3 Å². The van der Waals surface area contributed by atoms with E-state index in [2.05, 4.69) is 15.1 Å². The van der Waals surface area contributed by atoms with Gasteiger partial charge in [-0.2, -0.15) is 0 Å². The number of piperidine rings is 1. The van der Waals surface area contributed by atoms with Crippen LogP contribution in [0.3, 0.4) is 0 Å². The van der Waals surface area contributed by atoms with Gasteiger partial charge in [-0.25, -0.2) is 0 Å². The van der Waals surface area contributed by atoms with Crippen LogP contribution in [0.25, 0.3) is 0 Å². The van der Waals surface area contributed by atoms with E-state index in [1.54, 1.807) is 7.11 Å². The Balaban J connectivity index is 1.95. The summed E-state index contributed by atoms with van der Waals surface area (Å²) in [6.45, 7) is 2.41. The maximum Gasteiger partial charge on any atom is 0.207 e. The van der Waals surface area contributed by atoms with E-state index in [-0.39, 0.29) is 0 Å². The fourth-order valence-corrected chi connectivity index (χ4v) is 3.09. The highest BCUT2D eigenvalue weighted by molar-refractivity contribution is 7.15. The number of likely N-dealkylation sites (tertiary alicyclic amines) is 1. The zero-order valence-corrected chi connectivity index (χ0v) is 11.4. The monoisotopic (exact) mass is 276 g/mol. The number of aromatic nitrogens is 2. The molecule has 5 nitrogen and oxygen atoms in total. The Morgan fingerprint density at radius 1 is 1.59 bits per heavy atom. The Labute approximate surface area is 110 Å². The summed E-state index contributed by atoms with van der Waals surface area (Å²) in [4.78, 5) is 2.34. The number of nitrogens with zero attached hydrogens (tertiary/aromatic N) is 3. The Morgan fingerprint density at radius 3 is 3.00 bits per heavy atom. The van der Waals surface area contributed by atoms with Crippen molar-refractivity contribution in [2.75, 3.05) is 20.2 Å². The maximum atomic E-state index is 5.81. The van der Waals surface area contributed by atoms with Crippen LogP contribution in [0.5, 0.6) is 0 Å². The van der Waals surface area contributed by atoms with Crippen LogP contribution < -0.4 is 5.73 Å². The quantitative estimate of drug-likeness (QED) is 0.893. The molecule has 0 bridgehead atoms. The summed E-state index contributed by atoms with van der Waals surface area (Å²) in [5.41, 5.74) is 5.81. The molecule has 0 spiro atoms. The van der Waals surface area contributed by atoms with E-state index in [0.29, 0.717) is 23.2 Å². The summed E-state index contributed by atoms with van der Waals surface area (Å²) < 4.78 is 5.89. The van der Waals surface area contributed by atoms with Gasteiger partial charge in [0.1, 0.15) is 5.01 Å². The fourth-order valence-electron chi connectivity index (χ4n) is 2.20. The number of methoxy groups -OCH3 is 1. The number of halogens is 1. The van der Waals surface area contributed by atoms with Crippen molar-refractivity contribution in [2.24, 2.45) is 5.73 Å². The van der Waals surface area contributed by atoms with E-state index in [0.717, 1.165) is 30.9 Å². The molecule has 1 aromatic heterocycles. The van der Waals surface area contributed by atoms with Gasteiger partial charge in [0.25, 0.3) is 0 Å². The van der Waals surface area contributed by atoms with Crippen LogP contribution in [0.15, 0.2) is 0 Å². The highest BCUT2D eigenvalue weighted by Crippen LogP contribution is 2.23. The van der Waals surface area contributed by atoms with E-state index in [4.69, 9.17) is 22.1 Å². The van der Waals surface area contributed by atoms with E-state index < -0.39 is 0 Å². The van der Waals surface area contributed by atoms with Gasteiger partial charge in [0.2, 0.25) is 4.47 Å². The van der Waals surface area contributed by atoms with Gasteiger partial charge in [-0.05, 0) is 24.4 Å². The predicted molar refractivity (Wildman–Crippen MR) is 68.2 cm³/mol. The van der Waals surface area contributed by atoms with Crippen LogP contribution in [0.2, 0.25) is 4.47 Å². The molecular weight excluding hydrogens is 260 g/mol. The Morgan fingerprint density at radius 2 is 2.41 bits per heavy atom. The number of ether oxygens (including phenoxy) is 1. The molecule has 17 heavy (non-hydrogen) atoms. The molecule has 0 aromatic carbocycles. The molecule has 0 aliphatic carbocycles. The highest BCUT2D eigenvalue weighted by atomic mass is 35.5. The van der Waals surface area contributed by atoms with Gasteiger partial charge in [0.15, 0.2) is 0 Å². The third-order valence-corrected chi connectivity index (χ3v) is 4.18. The molecule has 7 heteroatoms. The minimum atomic E-state index is 0.331. The van der Waals surface area contributed by atoms with Gasteiger partial charge >= 0.3 is 0 Å². The standard InChI is InChI=1S/C10H17ClN4OS/c1-16-8-2-3-15(7(4-8)5-12)6-9-13-14-10(11)17-9/h7-8H,2-6,12H2,1H3. The number of nitrogens with two attached hydrogens (primary N) is 1. The van der Waals surface area contributed by atoms with Gasteiger partial charge in [-0.3, -0.25) is 4.90 Å². The SMILES string of the molecule is COC1CCN(Cc2nnc(Cl)s2)C(CN)C1. The third kappa shape index (κ3) is 3.35. The number of rotatable bonds is 4. The molecule has 1 aliphatic rings. The zero-order valence-electron chi connectivity index (χ0n) is 9.80. The summed E-state index contributed by atoms with van der Waals surface area (Å²) in [5.74, 6) is 0. The summed E-state index contributed by atoms with van der Waals surface area (Å²) in [6, 6.07) is 0.358. The second kappa shape index (κ2) is 6.06. The van der Waals surface area contributed by atoms with Crippen molar-refractivity contribution in [3.8, 4) is 0 Å². The largest absolute Gasteiger partial charge is 0.381 e. The van der Waals surface area contributed by atoms with Crippen molar-refractivity contribution >= 4 is 22.9 Å². The molecule has 96 valence electrons. The first-order valence-electron chi connectivity index (χ1n) is 5.67. The third-order valence-electron chi connectivity index (χ3n) is 3.18. The van der Waals surface area contributed by atoms with Gasteiger partial charge < -0.3 is 10.5 Å². The van der Waals surface area contributed by atoms with Crippen molar-refractivity contribution in [3.05, 3.63) is 9.47 Å². The molecule has 2 atom stereocenters. The lowest BCUT2D eigenvalue weighted by Gasteiger charge is -2.37. The predicted octanol–water partition coefficient (Wildman–Crippen LogP) is 1.13. The van der Waals surface area contributed by atoms with E-state index in [9.17, 15) is 0 Å². The summed E-state index contributed by atoms with van der Waals surface area (Å²) in [6.07, 6.45) is 2.36. The molecule has 1 saturated heterocycles. The van der Waals surface area contributed by atoms with Gasteiger partial charge in [-0.15, -0.1) is 10.2 Å². The second-order valence-electron chi connectivity index (χ2n) is 4.19. The lowest BCUT2D eigenvalue weighted by atomic mass is 9.99. The number of hydrogen-bond donors (Lipinski definition) is 1. The Hall–Kier alpha value is -0.270. The first kappa shape index (κ1) is 13.2. The van der Waals surface area contributed by atoms with Crippen molar-refractivity contribution in [1.82, 2.24) is 15.1 Å². The van der Waals surface area contributed by atoms with Crippen molar-refractivity contribution in [1.29, 1.82) is 0 Å². The first-order valence-corrected chi connectivity index (χ1v) is 6.87. The average molecular weight is 277 g/mol. The lowest BCUT2D eigenvalue weighted by molar-refractivity contribution is 0.0101. The van der Waals surface area contributed by atoms with Crippen molar-refractivity contribution in [3.63, 3.8) is 0 Å². The van der Waals surface area contributed by atoms with E-state index >= 15 is 0 Å². The van der Waals surface area contributed by atoms with E-state index in [1.165, 1.54) is 11.3 Å².